The molecule has 4 rings (SSSR count). The topological polar surface area (TPSA) is 68.6 Å². The number of hydrogen-bond acceptors (Lipinski definition) is 5. The second-order valence-corrected chi connectivity index (χ2v) is 9.50. The summed E-state index contributed by atoms with van der Waals surface area (Å²) >= 11 is 6.66. The molecule has 2 aromatic rings. The zero-order valence-corrected chi connectivity index (χ0v) is 19.1. The Balaban J connectivity index is 1.58. The van der Waals surface area contributed by atoms with Crippen molar-refractivity contribution >= 4 is 35.8 Å². The van der Waals surface area contributed by atoms with Gasteiger partial charge < -0.3 is 24.1 Å². The van der Waals surface area contributed by atoms with Gasteiger partial charge in [-0.2, -0.15) is 0 Å². The molecule has 2 aliphatic heterocycles. The summed E-state index contributed by atoms with van der Waals surface area (Å²) in [6, 6.07) is 5.46. The lowest BCUT2D eigenvalue weighted by Crippen LogP contribution is -2.41. The van der Waals surface area contributed by atoms with E-state index in [0.29, 0.717) is 22.0 Å². The third-order valence-electron chi connectivity index (χ3n) is 6.43. The lowest BCUT2D eigenvalue weighted by Gasteiger charge is -2.32. The van der Waals surface area contributed by atoms with Crippen LogP contribution in [0.2, 0.25) is 5.02 Å². The van der Waals surface area contributed by atoms with Crippen molar-refractivity contribution in [1.82, 2.24) is 14.5 Å². The summed E-state index contributed by atoms with van der Waals surface area (Å²) in [5.74, 6) is 0.0925. The van der Waals surface area contributed by atoms with Gasteiger partial charge >= 0.3 is 7.12 Å². The minimum absolute atomic E-state index is 0.289. The molecule has 0 aliphatic carbocycles. The molecule has 7 nitrogen and oxygen atoms in total. The lowest BCUT2D eigenvalue weighted by atomic mass is 9.79. The minimum Gasteiger partial charge on any atom is -0.399 e. The first kappa shape index (κ1) is 21.4. The highest BCUT2D eigenvalue weighted by molar-refractivity contribution is 6.66. The monoisotopic (exact) mass is 430 g/mol. The Morgan fingerprint density at radius 3 is 2.53 bits per heavy atom. The maximum absolute atomic E-state index is 13.0. The van der Waals surface area contributed by atoms with Gasteiger partial charge in [-0.15, -0.1) is 0 Å². The van der Waals surface area contributed by atoms with E-state index in [1.54, 1.807) is 6.07 Å². The van der Waals surface area contributed by atoms with Crippen molar-refractivity contribution in [1.29, 1.82) is 0 Å². The Morgan fingerprint density at radius 2 is 1.87 bits per heavy atom. The highest BCUT2D eigenvalue weighted by atomic mass is 35.5. The van der Waals surface area contributed by atoms with Gasteiger partial charge in [0.1, 0.15) is 0 Å². The molecule has 1 aromatic carbocycles. The van der Waals surface area contributed by atoms with Crippen LogP contribution >= 0.6 is 11.6 Å². The van der Waals surface area contributed by atoms with Crippen LogP contribution in [-0.4, -0.2) is 52.3 Å². The van der Waals surface area contributed by atoms with Gasteiger partial charge in [0.05, 0.1) is 27.6 Å². The van der Waals surface area contributed by atoms with E-state index in [4.69, 9.17) is 20.9 Å². The number of anilines is 1. The molecule has 1 N–H and O–H groups in total. The van der Waals surface area contributed by atoms with E-state index in [1.807, 2.05) is 51.4 Å². The Morgan fingerprint density at radius 1 is 1.20 bits per heavy atom. The van der Waals surface area contributed by atoms with Gasteiger partial charge in [-0.1, -0.05) is 23.7 Å². The van der Waals surface area contributed by atoms with Gasteiger partial charge in [0.15, 0.2) is 5.82 Å². The average molecular weight is 431 g/mol. The number of likely N-dealkylation sites (N-methyl/N-ethyl adjacent to an activating group) is 1. The molecule has 0 atom stereocenters. The first-order chi connectivity index (χ1) is 14.0. The molecule has 1 aromatic heterocycles. The molecule has 0 unspecified atom stereocenters. The summed E-state index contributed by atoms with van der Waals surface area (Å²) in [6.45, 7) is 9.67. The zero-order chi connectivity index (χ0) is 21.8. The third kappa shape index (κ3) is 3.56. The summed E-state index contributed by atoms with van der Waals surface area (Å²) in [7, 11) is 3.34. The quantitative estimate of drug-likeness (QED) is 0.758. The molecule has 0 spiro atoms. The van der Waals surface area contributed by atoms with Gasteiger partial charge in [-0.05, 0) is 40.8 Å². The van der Waals surface area contributed by atoms with E-state index in [-0.39, 0.29) is 5.91 Å². The number of benzene rings is 1. The molecule has 1 fully saturated rings. The number of amides is 1. The van der Waals surface area contributed by atoms with Crippen molar-refractivity contribution in [2.45, 2.75) is 51.9 Å². The van der Waals surface area contributed by atoms with Crippen LogP contribution in [0.3, 0.4) is 0 Å². The number of hydrogen-bond donors (Lipinski definition) is 1. The van der Waals surface area contributed by atoms with Crippen LogP contribution in [-0.2, 0) is 29.3 Å². The largest absolute Gasteiger partial charge is 0.496 e. The van der Waals surface area contributed by atoms with Crippen LogP contribution in [0, 0.1) is 0 Å². The second-order valence-electron chi connectivity index (χ2n) is 9.13. The maximum Gasteiger partial charge on any atom is 0.496 e. The summed E-state index contributed by atoms with van der Waals surface area (Å²) in [5.41, 5.74) is 2.31. The Kier molecular flexibility index (Phi) is 5.25. The number of aromatic nitrogens is 2. The van der Waals surface area contributed by atoms with Crippen molar-refractivity contribution in [2.24, 2.45) is 7.05 Å². The van der Waals surface area contributed by atoms with Gasteiger partial charge in [0.25, 0.3) is 5.91 Å². The van der Waals surface area contributed by atoms with Crippen molar-refractivity contribution < 1.29 is 14.1 Å². The van der Waals surface area contributed by atoms with Crippen molar-refractivity contribution in [3.63, 3.8) is 0 Å². The summed E-state index contributed by atoms with van der Waals surface area (Å²) in [4.78, 5) is 19.8. The number of fused-ring (bicyclic) bond motifs is 1. The summed E-state index contributed by atoms with van der Waals surface area (Å²) in [6.07, 6.45) is 0.876. The van der Waals surface area contributed by atoms with Crippen molar-refractivity contribution in [3.8, 4) is 0 Å². The van der Waals surface area contributed by atoms with E-state index in [0.717, 1.165) is 30.9 Å². The highest BCUT2D eigenvalue weighted by Crippen LogP contribution is 2.37. The van der Waals surface area contributed by atoms with E-state index in [9.17, 15) is 4.79 Å². The molecule has 160 valence electrons. The number of rotatable bonds is 3. The van der Waals surface area contributed by atoms with Crippen molar-refractivity contribution in [3.05, 3.63) is 40.4 Å². The second kappa shape index (κ2) is 7.37. The lowest BCUT2D eigenvalue weighted by molar-refractivity contribution is 0.00578. The molecule has 1 saturated heterocycles. The minimum atomic E-state index is -0.602. The van der Waals surface area contributed by atoms with Gasteiger partial charge in [0, 0.05) is 37.7 Å². The summed E-state index contributed by atoms with van der Waals surface area (Å²) < 4.78 is 14.1. The molecule has 3 heterocycles. The van der Waals surface area contributed by atoms with E-state index >= 15 is 0 Å². The SMILES string of the molecule is CN1CCc2c(nc(C(=O)Nc3cccc(B4OC(C)(C)C(C)(C)O4)c3Cl)n2C)C1. The molecule has 9 heteroatoms. The van der Waals surface area contributed by atoms with Crippen LogP contribution < -0.4 is 10.8 Å². The Bertz CT molecular complexity index is 988. The normalized spacial score (nSPS) is 20.3. The molecule has 0 bridgehead atoms. The average Bonchev–Trinajstić information content (AvgIpc) is 3.09. The number of nitrogens with zero attached hydrogens (tertiary/aromatic N) is 3. The van der Waals surface area contributed by atoms with Crippen LogP contribution in [0.25, 0.3) is 0 Å². The van der Waals surface area contributed by atoms with Gasteiger partial charge in [0.2, 0.25) is 0 Å². The first-order valence-electron chi connectivity index (χ1n) is 10.2. The molecule has 1 amide bonds. The van der Waals surface area contributed by atoms with Crippen LogP contribution in [0.4, 0.5) is 5.69 Å². The van der Waals surface area contributed by atoms with Crippen LogP contribution in [0.15, 0.2) is 18.2 Å². The predicted octanol–water partition coefficient (Wildman–Crippen LogP) is 2.61. The summed E-state index contributed by atoms with van der Waals surface area (Å²) in [5, 5.41) is 3.32. The molecule has 2 aliphatic rings. The first-order valence-corrected chi connectivity index (χ1v) is 10.6. The van der Waals surface area contributed by atoms with E-state index < -0.39 is 18.3 Å². The fourth-order valence-electron chi connectivity index (χ4n) is 3.84. The Hall–Kier alpha value is -1.87. The number of carbonyl (C=O) groups excluding carboxylic acids is 1. The standard InChI is InChI=1S/C21H28BClN4O3/c1-20(2)21(3,4)30-22(29-20)13-8-7-9-14(17(13)23)25-19(28)18-24-15-12-26(5)11-10-16(15)27(18)6/h7-9H,10-12H2,1-6H3,(H,25,28). The van der Waals surface area contributed by atoms with Crippen LogP contribution in [0.5, 0.6) is 0 Å². The third-order valence-corrected chi connectivity index (χ3v) is 6.86. The van der Waals surface area contributed by atoms with Gasteiger partial charge in [-0.25, -0.2) is 4.98 Å². The fraction of sp³-hybridized carbons (Fsp3) is 0.524. The fourth-order valence-corrected chi connectivity index (χ4v) is 4.10. The smallest absolute Gasteiger partial charge is 0.399 e. The molecular formula is C21H28BClN4O3. The van der Waals surface area contributed by atoms with Crippen LogP contribution in [0.1, 0.15) is 49.7 Å². The number of carbonyl (C=O) groups is 1. The molecule has 0 radical (unpaired) electrons. The van der Waals surface area contributed by atoms with Crippen molar-refractivity contribution in [2.75, 3.05) is 18.9 Å². The molecular weight excluding hydrogens is 403 g/mol. The maximum atomic E-state index is 13.0. The highest BCUT2D eigenvalue weighted by Gasteiger charge is 2.52. The number of imidazole rings is 1. The number of halogens is 1. The zero-order valence-electron chi connectivity index (χ0n) is 18.4. The van der Waals surface area contributed by atoms with E-state index in [2.05, 4.69) is 22.2 Å². The van der Waals surface area contributed by atoms with E-state index in [1.165, 1.54) is 0 Å². The predicted molar refractivity (Wildman–Crippen MR) is 118 cm³/mol. The molecule has 0 saturated carbocycles. The Labute approximate surface area is 182 Å². The molecule has 30 heavy (non-hydrogen) atoms. The number of nitrogens with one attached hydrogen (secondary N) is 1. The van der Waals surface area contributed by atoms with Gasteiger partial charge in [-0.3, -0.25) is 4.79 Å².